The molecule has 1 amide bonds. The summed E-state index contributed by atoms with van der Waals surface area (Å²) in [6.07, 6.45) is 8.10. The Kier molecular flexibility index (Phi) is 15.0. The van der Waals surface area contributed by atoms with Gasteiger partial charge in [0, 0.05) is 104 Å². The third-order valence-corrected chi connectivity index (χ3v) is 18.1. The molecule has 357 valence electrons. The number of nitrogens with zero attached hydrogens (tertiary/aromatic N) is 5. The number of fused-ring (bicyclic) bond motifs is 1. The van der Waals surface area contributed by atoms with E-state index in [9.17, 15) is 28.2 Å². The molecule has 15 nitrogen and oxygen atoms in total. The van der Waals surface area contributed by atoms with Gasteiger partial charge in [-0.05, 0) is 117 Å². The Bertz CT molecular complexity index is 2750. The van der Waals surface area contributed by atoms with Crippen molar-refractivity contribution in [1.82, 2.24) is 24.5 Å². The van der Waals surface area contributed by atoms with Crippen LogP contribution in [0.2, 0.25) is 5.02 Å². The van der Waals surface area contributed by atoms with E-state index in [2.05, 4.69) is 60.7 Å². The van der Waals surface area contributed by atoms with E-state index < -0.39 is 38.9 Å². The number of ether oxygens (including phenoxy) is 1. The maximum Gasteiger partial charge on any atom is 0.293 e. The van der Waals surface area contributed by atoms with Gasteiger partial charge < -0.3 is 24.8 Å². The predicted octanol–water partition coefficient (Wildman–Crippen LogP) is 8.48. The Morgan fingerprint density at radius 3 is 2.51 bits per heavy atom. The first-order chi connectivity index (χ1) is 32.0. The van der Waals surface area contributed by atoms with Crippen molar-refractivity contribution in [3.05, 3.63) is 117 Å². The minimum absolute atomic E-state index is 0.130. The van der Waals surface area contributed by atoms with E-state index in [-0.39, 0.29) is 22.7 Å². The zero-order chi connectivity index (χ0) is 47.5. The van der Waals surface area contributed by atoms with Crippen LogP contribution in [0.25, 0.3) is 16.6 Å². The number of anilines is 2. The maximum atomic E-state index is 14.1. The van der Waals surface area contributed by atoms with Gasteiger partial charge >= 0.3 is 0 Å². The van der Waals surface area contributed by atoms with Crippen molar-refractivity contribution < 1.29 is 27.8 Å². The van der Waals surface area contributed by atoms with Gasteiger partial charge in [0.25, 0.3) is 21.6 Å². The fraction of sp³-hybridized carbons (Fsp3) is 0.417. The normalized spacial score (nSPS) is 18.5. The number of nitro benzene ring substituents is 1. The summed E-state index contributed by atoms with van der Waals surface area (Å²) in [5.74, 6) is -0.870. The molecule has 3 aliphatic rings. The molecule has 2 saturated heterocycles. The van der Waals surface area contributed by atoms with Crippen molar-refractivity contribution in [3.8, 4) is 0 Å². The first kappa shape index (κ1) is 48.9. The molecule has 0 spiro atoms. The van der Waals surface area contributed by atoms with E-state index in [0.717, 1.165) is 84.7 Å². The molecular weight excluding hydrogens is 931 g/mol. The summed E-state index contributed by atoms with van der Waals surface area (Å²) in [5, 5.41) is 17.1. The zero-order valence-corrected chi connectivity index (χ0v) is 41.6. The molecule has 3 aromatic carbocycles. The number of H-pyrrole nitrogens is 1. The first-order valence-electron chi connectivity index (χ1n) is 22.5. The average molecular weight is 991 g/mol. The van der Waals surface area contributed by atoms with E-state index in [1.807, 2.05) is 43.1 Å². The molecule has 1 unspecified atom stereocenters. The Morgan fingerprint density at radius 1 is 1.04 bits per heavy atom. The van der Waals surface area contributed by atoms with Crippen molar-refractivity contribution in [2.45, 2.75) is 53.8 Å². The molecule has 4 N–H and O–H groups in total. The van der Waals surface area contributed by atoms with Crippen LogP contribution in [-0.2, 0) is 14.8 Å². The topological polar surface area (TPSA) is 186 Å². The van der Waals surface area contributed by atoms with Gasteiger partial charge in [-0.25, -0.2) is 18.1 Å². The van der Waals surface area contributed by atoms with Crippen molar-refractivity contribution in [3.63, 3.8) is 0 Å². The second-order valence-electron chi connectivity index (χ2n) is 18.7. The lowest BCUT2D eigenvalue weighted by molar-refractivity contribution is -0.384. The number of hydrogen-bond acceptors (Lipinski definition) is 13. The smallest absolute Gasteiger partial charge is 0.293 e. The zero-order valence-electron chi connectivity index (χ0n) is 38.3. The molecule has 19 heteroatoms. The van der Waals surface area contributed by atoms with Crippen molar-refractivity contribution >= 4 is 80.5 Å². The molecule has 5 aromatic rings. The maximum absolute atomic E-state index is 14.1. The molecule has 1 radical (unpaired) electrons. The van der Waals surface area contributed by atoms with Crippen LogP contribution in [0.5, 0.6) is 0 Å². The molecule has 2 aliphatic heterocycles. The monoisotopic (exact) mass is 989 g/mol. The van der Waals surface area contributed by atoms with E-state index in [4.69, 9.17) is 16.3 Å². The van der Waals surface area contributed by atoms with Gasteiger partial charge in [-0.3, -0.25) is 24.7 Å². The number of halogens is 1. The second kappa shape index (κ2) is 20.6. The number of methoxy groups -OCH3 is 1. The number of carbonyl (C=O) groups excluding carboxylic acids is 1. The Balaban J connectivity index is 0.989. The number of allylic oxidation sites excluding steroid dienone is 1. The van der Waals surface area contributed by atoms with E-state index >= 15 is 0 Å². The second-order valence-corrected chi connectivity index (χ2v) is 25.6. The van der Waals surface area contributed by atoms with Crippen LogP contribution in [-0.4, -0.2) is 135 Å². The summed E-state index contributed by atoms with van der Waals surface area (Å²) in [4.78, 5) is 51.8. The third-order valence-electron chi connectivity index (χ3n) is 13.2. The number of carbonyl (C=O) groups is 1. The number of nitro groups is 1. The lowest BCUT2D eigenvalue weighted by atomic mass is 9.72. The SMILES string of the molecule is COCC(CNc1ccc(S(=O)(=O)NC(=O)c2ccc(N3CCN(CC4=C(c5ccc(Cl)cc5)CC(C)(C)CC4)CC3)cc2Sc2cnc3[nH]ccc3c2)cc1[N+](=O)[O-])N1CC[P](C)(O)CC1. The highest BCUT2D eigenvalue weighted by Crippen LogP contribution is 2.52. The average Bonchev–Trinajstić information content (AvgIpc) is 3.77. The lowest BCUT2D eigenvalue weighted by Crippen LogP contribution is -2.48. The Hall–Kier alpha value is -4.58. The number of aromatic nitrogens is 2. The molecule has 0 saturated carbocycles. The highest BCUT2D eigenvalue weighted by Gasteiger charge is 2.32. The minimum Gasteiger partial charge on any atom is -0.383 e. The Labute approximate surface area is 402 Å². The van der Waals surface area contributed by atoms with E-state index in [1.165, 1.54) is 40.6 Å². The van der Waals surface area contributed by atoms with Crippen LogP contribution in [0.4, 0.5) is 17.1 Å². The number of amides is 1. The highest BCUT2D eigenvalue weighted by atomic mass is 35.5. The molecule has 1 atom stereocenters. The van der Waals surface area contributed by atoms with Gasteiger partial charge in [-0.1, -0.05) is 54.9 Å². The number of pyridine rings is 1. The van der Waals surface area contributed by atoms with Crippen molar-refractivity contribution in [2.75, 3.05) is 95.3 Å². The lowest BCUT2D eigenvalue weighted by Gasteiger charge is -2.41. The number of benzene rings is 3. The number of rotatable bonds is 16. The molecule has 2 aromatic heterocycles. The highest BCUT2D eigenvalue weighted by molar-refractivity contribution is 7.99. The predicted molar refractivity (Wildman–Crippen MR) is 270 cm³/mol. The van der Waals surface area contributed by atoms with Gasteiger partial charge in [0.1, 0.15) is 11.3 Å². The fourth-order valence-electron chi connectivity index (χ4n) is 9.19. The molecule has 1 aliphatic carbocycles. The van der Waals surface area contributed by atoms with Crippen molar-refractivity contribution in [2.24, 2.45) is 5.41 Å². The summed E-state index contributed by atoms with van der Waals surface area (Å²) in [6.45, 7) is 12.7. The third kappa shape index (κ3) is 12.0. The quantitative estimate of drug-likeness (QED) is 0.0420. The number of nitrogens with one attached hydrogen (secondary N) is 3. The van der Waals surface area contributed by atoms with Gasteiger partial charge in [0.2, 0.25) is 0 Å². The standard InChI is InChI=1S/C48H59ClN8O7PS2/c1-48(2)15-13-35(42(28-48)33-5-7-36(49)8-6-33)31-54-17-19-55(20-18-54)37-9-11-41(45(26-37)66-39-25-34-14-16-50-46(34)52-30-39)47(58)53-67(62,63)40-10-12-43(44(27-40)57(59)60)51-29-38(32-64-3)56-21-23-65(4,61)24-22-56/h5-12,14,16,25-27,30,38,51,61H,13,15,17-24,28-29,31-32H2,1-4H3,(H,50,52)(H,53,58). The van der Waals surface area contributed by atoms with Gasteiger partial charge in [-0.15, -0.1) is 0 Å². The summed E-state index contributed by atoms with van der Waals surface area (Å²) < 4.78 is 35.4. The van der Waals surface area contributed by atoms with Crippen LogP contribution >= 0.6 is 30.9 Å². The molecule has 8 rings (SSSR count). The number of hydrogen-bond donors (Lipinski definition) is 4. The largest absolute Gasteiger partial charge is 0.383 e. The van der Waals surface area contributed by atoms with Crippen molar-refractivity contribution in [1.29, 1.82) is 0 Å². The molecule has 67 heavy (non-hydrogen) atoms. The van der Waals surface area contributed by atoms with Gasteiger partial charge in [0.05, 0.1) is 28.0 Å². The summed E-state index contributed by atoms with van der Waals surface area (Å²) in [6, 6.07) is 20.9. The van der Waals surface area contributed by atoms with Crippen LogP contribution < -0.4 is 14.9 Å². The van der Waals surface area contributed by atoms with Gasteiger partial charge in [-0.2, -0.15) is 0 Å². The Morgan fingerprint density at radius 2 is 1.79 bits per heavy atom. The number of piperazine rings is 1. The van der Waals surface area contributed by atoms with Crippen LogP contribution in [0.3, 0.4) is 0 Å². The number of aromatic amines is 1. The van der Waals surface area contributed by atoms with E-state index in [1.54, 1.807) is 25.6 Å². The van der Waals surface area contributed by atoms with Crippen LogP contribution in [0.1, 0.15) is 49.0 Å². The first-order valence-corrected chi connectivity index (χ1v) is 27.8. The summed E-state index contributed by atoms with van der Waals surface area (Å²) >= 11 is 7.57. The van der Waals surface area contributed by atoms with Crippen LogP contribution in [0, 0.1) is 15.5 Å². The minimum atomic E-state index is -4.57. The molecular formula is C48H59ClN8O7PS2. The summed E-state index contributed by atoms with van der Waals surface area (Å²) in [5.41, 5.74) is 5.79. The molecule has 0 bridgehead atoms. The molecule has 4 heterocycles. The molecule has 2 fully saturated rings. The fourth-order valence-corrected chi connectivity index (χ4v) is 12.9. The van der Waals surface area contributed by atoms with Crippen LogP contribution in [0.15, 0.2) is 105 Å². The van der Waals surface area contributed by atoms with E-state index in [0.29, 0.717) is 43.5 Å². The van der Waals surface area contributed by atoms with Gasteiger partial charge in [0.15, 0.2) is 0 Å². The summed E-state index contributed by atoms with van der Waals surface area (Å²) in [7, 11) is -4.91. The number of sulfonamides is 1.